The van der Waals surface area contributed by atoms with Gasteiger partial charge in [-0.15, -0.1) is 0 Å². The fourth-order valence-corrected chi connectivity index (χ4v) is 1.71. The maximum absolute atomic E-state index is 12.0. The molecule has 2 rings (SSSR count). The molecule has 0 atom stereocenters. The van der Waals surface area contributed by atoms with Crippen molar-refractivity contribution in [3.05, 3.63) is 29.8 Å². The van der Waals surface area contributed by atoms with Crippen LogP contribution in [0.15, 0.2) is 24.3 Å². The Morgan fingerprint density at radius 3 is 2.50 bits per heavy atom. The van der Waals surface area contributed by atoms with Crippen molar-refractivity contribution >= 4 is 0 Å². The van der Waals surface area contributed by atoms with Crippen LogP contribution in [0.4, 0.5) is 8.78 Å². The van der Waals surface area contributed by atoms with Crippen LogP contribution >= 0.6 is 0 Å². The van der Waals surface area contributed by atoms with E-state index in [0.29, 0.717) is 6.54 Å². The molecule has 0 radical (unpaired) electrons. The Hall–Kier alpha value is -1.24. The minimum absolute atomic E-state index is 0.181. The summed E-state index contributed by atoms with van der Waals surface area (Å²) in [7, 11) is 0. The van der Waals surface area contributed by atoms with E-state index >= 15 is 0 Å². The molecule has 0 spiro atoms. The van der Waals surface area contributed by atoms with Gasteiger partial charge in [0, 0.05) is 19.6 Å². The summed E-state index contributed by atoms with van der Waals surface area (Å²) in [4.78, 5) is 0. The van der Waals surface area contributed by atoms with Gasteiger partial charge in [-0.3, -0.25) is 5.43 Å². The van der Waals surface area contributed by atoms with E-state index in [0.717, 1.165) is 31.9 Å². The quantitative estimate of drug-likeness (QED) is 0.870. The highest BCUT2D eigenvalue weighted by atomic mass is 19.3. The van der Waals surface area contributed by atoms with Gasteiger partial charge in [0.2, 0.25) is 0 Å². The van der Waals surface area contributed by atoms with E-state index in [1.807, 2.05) is 0 Å². The summed E-state index contributed by atoms with van der Waals surface area (Å²) in [6, 6.07) is 6.63. The van der Waals surface area contributed by atoms with Gasteiger partial charge in [-0.2, -0.15) is 8.78 Å². The summed E-state index contributed by atoms with van der Waals surface area (Å²) in [5, 5.41) is 2.09. The van der Waals surface area contributed by atoms with Crippen molar-refractivity contribution in [2.75, 3.05) is 26.3 Å². The van der Waals surface area contributed by atoms with E-state index in [9.17, 15) is 8.78 Å². The molecule has 0 saturated carbocycles. The van der Waals surface area contributed by atoms with Crippen molar-refractivity contribution in [3.63, 3.8) is 0 Å². The van der Waals surface area contributed by atoms with Gasteiger partial charge >= 0.3 is 6.61 Å². The van der Waals surface area contributed by atoms with Gasteiger partial charge < -0.3 is 9.47 Å². The first-order valence-corrected chi connectivity index (χ1v) is 5.84. The monoisotopic (exact) mass is 258 g/mol. The van der Waals surface area contributed by atoms with Gasteiger partial charge in [0.25, 0.3) is 0 Å². The zero-order chi connectivity index (χ0) is 12.8. The topological polar surface area (TPSA) is 33.7 Å². The first-order valence-electron chi connectivity index (χ1n) is 5.84. The van der Waals surface area contributed by atoms with Crippen LogP contribution in [-0.4, -0.2) is 37.9 Å². The number of ether oxygens (including phenoxy) is 2. The van der Waals surface area contributed by atoms with Crippen molar-refractivity contribution < 1.29 is 18.3 Å². The van der Waals surface area contributed by atoms with E-state index in [1.54, 1.807) is 24.3 Å². The largest absolute Gasteiger partial charge is 0.435 e. The number of hydrazine groups is 1. The van der Waals surface area contributed by atoms with Crippen molar-refractivity contribution in [3.8, 4) is 5.75 Å². The Morgan fingerprint density at radius 2 is 1.89 bits per heavy atom. The number of nitrogens with one attached hydrogen (secondary N) is 1. The minimum atomic E-state index is -2.78. The predicted octanol–water partition coefficient (Wildman–Crippen LogP) is 1.62. The molecule has 1 aromatic carbocycles. The molecular weight excluding hydrogens is 242 g/mol. The van der Waals surface area contributed by atoms with E-state index in [-0.39, 0.29) is 5.75 Å². The number of hydrogen-bond acceptors (Lipinski definition) is 4. The first-order chi connectivity index (χ1) is 8.74. The second kappa shape index (κ2) is 6.63. The van der Waals surface area contributed by atoms with Crippen LogP contribution in [0.5, 0.6) is 5.75 Å². The number of benzene rings is 1. The van der Waals surface area contributed by atoms with Gasteiger partial charge in [0.15, 0.2) is 0 Å². The van der Waals surface area contributed by atoms with Gasteiger partial charge in [0.05, 0.1) is 13.2 Å². The molecule has 1 saturated heterocycles. The third kappa shape index (κ3) is 4.21. The molecule has 6 heteroatoms. The molecule has 1 fully saturated rings. The molecule has 1 aromatic rings. The summed E-state index contributed by atoms with van der Waals surface area (Å²) in [6.07, 6.45) is 0. The summed E-state index contributed by atoms with van der Waals surface area (Å²) in [6.45, 7) is 1.05. The van der Waals surface area contributed by atoms with Crippen molar-refractivity contribution in [2.45, 2.75) is 13.2 Å². The van der Waals surface area contributed by atoms with E-state index < -0.39 is 6.61 Å². The number of halogens is 2. The van der Waals surface area contributed by atoms with Crippen LogP contribution in [0, 0.1) is 0 Å². The Balaban J connectivity index is 1.78. The molecule has 0 unspecified atom stereocenters. The predicted molar refractivity (Wildman–Crippen MR) is 62.3 cm³/mol. The Bertz CT molecular complexity index is 354. The average Bonchev–Trinajstić information content (AvgIpc) is 2.38. The molecular formula is C12H16F2N2O2. The van der Waals surface area contributed by atoms with Crippen molar-refractivity contribution in [1.29, 1.82) is 0 Å². The number of hydrogen-bond donors (Lipinski definition) is 1. The van der Waals surface area contributed by atoms with E-state index in [1.165, 1.54) is 0 Å². The lowest BCUT2D eigenvalue weighted by Gasteiger charge is -2.27. The summed E-state index contributed by atoms with van der Waals surface area (Å²) in [5.74, 6) is 0.181. The summed E-state index contributed by atoms with van der Waals surface area (Å²) in [5.41, 5.74) is 4.28. The molecule has 18 heavy (non-hydrogen) atoms. The Morgan fingerprint density at radius 1 is 1.22 bits per heavy atom. The van der Waals surface area contributed by atoms with Crippen LogP contribution in [0.1, 0.15) is 5.56 Å². The smallest absolute Gasteiger partial charge is 0.387 e. The average molecular weight is 258 g/mol. The molecule has 4 nitrogen and oxygen atoms in total. The second-order valence-electron chi connectivity index (χ2n) is 3.96. The molecule has 0 aliphatic carbocycles. The molecule has 1 N–H and O–H groups in total. The lowest BCUT2D eigenvalue weighted by molar-refractivity contribution is -0.0498. The lowest BCUT2D eigenvalue weighted by atomic mass is 10.2. The number of nitrogens with zero attached hydrogens (tertiary/aromatic N) is 1. The molecule has 1 aliphatic heterocycles. The highest BCUT2D eigenvalue weighted by Gasteiger charge is 2.09. The van der Waals surface area contributed by atoms with Crippen LogP contribution < -0.4 is 10.2 Å². The van der Waals surface area contributed by atoms with Crippen LogP contribution in [-0.2, 0) is 11.3 Å². The number of rotatable bonds is 5. The fourth-order valence-electron chi connectivity index (χ4n) is 1.71. The zero-order valence-electron chi connectivity index (χ0n) is 9.94. The third-order valence-corrected chi connectivity index (χ3v) is 2.67. The maximum Gasteiger partial charge on any atom is 0.387 e. The van der Waals surface area contributed by atoms with Gasteiger partial charge in [-0.1, -0.05) is 12.1 Å². The van der Waals surface area contributed by atoms with Gasteiger partial charge in [0.1, 0.15) is 5.75 Å². The molecule has 0 amide bonds. The number of alkyl halides is 2. The molecule has 1 heterocycles. The third-order valence-electron chi connectivity index (χ3n) is 2.67. The van der Waals surface area contributed by atoms with Crippen molar-refractivity contribution in [2.24, 2.45) is 0 Å². The Labute approximate surface area is 104 Å². The molecule has 100 valence electrons. The highest BCUT2D eigenvalue weighted by molar-refractivity contribution is 5.27. The molecule has 0 aromatic heterocycles. The summed E-state index contributed by atoms with van der Waals surface area (Å²) < 4.78 is 33.4. The maximum atomic E-state index is 12.0. The van der Waals surface area contributed by atoms with Crippen LogP contribution in [0.3, 0.4) is 0 Å². The lowest BCUT2D eigenvalue weighted by Crippen LogP contribution is -2.45. The van der Waals surface area contributed by atoms with E-state index in [2.05, 4.69) is 15.2 Å². The molecule has 0 bridgehead atoms. The standard InChI is InChI=1S/C12H16F2N2O2/c13-12(14)18-11-3-1-10(2-4-11)9-15-16-5-7-17-8-6-16/h1-4,12,15H,5-9H2. The highest BCUT2D eigenvalue weighted by Crippen LogP contribution is 2.14. The van der Waals surface area contributed by atoms with Gasteiger partial charge in [-0.05, 0) is 17.7 Å². The Kier molecular flexibility index (Phi) is 4.86. The minimum Gasteiger partial charge on any atom is -0.435 e. The normalized spacial score (nSPS) is 17.1. The second-order valence-corrected chi connectivity index (χ2v) is 3.96. The summed E-state index contributed by atoms with van der Waals surface area (Å²) >= 11 is 0. The van der Waals surface area contributed by atoms with Crippen molar-refractivity contribution in [1.82, 2.24) is 10.4 Å². The fraction of sp³-hybridized carbons (Fsp3) is 0.500. The first kappa shape index (κ1) is 13.2. The van der Waals surface area contributed by atoms with E-state index in [4.69, 9.17) is 4.74 Å². The zero-order valence-corrected chi connectivity index (χ0v) is 9.94. The van der Waals surface area contributed by atoms with Gasteiger partial charge in [-0.25, -0.2) is 5.01 Å². The molecule has 1 aliphatic rings. The SMILES string of the molecule is FC(F)Oc1ccc(CNN2CCOCC2)cc1. The van der Waals surface area contributed by atoms with Crippen LogP contribution in [0.2, 0.25) is 0 Å². The van der Waals surface area contributed by atoms with Crippen LogP contribution in [0.25, 0.3) is 0 Å². The number of morpholine rings is 1.